The van der Waals surface area contributed by atoms with E-state index < -0.39 is 10.0 Å². The van der Waals surface area contributed by atoms with Gasteiger partial charge in [0.05, 0.1) is 5.69 Å². The quantitative estimate of drug-likeness (QED) is 0.853. The van der Waals surface area contributed by atoms with Crippen molar-refractivity contribution in [3.05, 3.63) is 23.2 Å². The van der Waals surface area contributed by atoms with Gasteiger partial charge < -0.3 is 5.73 Å². The molecule has 19 heavy (non-hydrogen) atoms. The Balaban J connectivity index is 1.93. The number of benzene rings is 1. The summed E-state index contributed by atoms with van der Waals surface area (Å²) in [6.07, 6.45) is 3.51. The minimum atomic E-state index is -3.51. The van der Waals surface area contributed by atoms with Gasteiger partial charge in [0.2, 0.25) is 10.0 Å². The van der Waals surface area contributed by atoms with Gasteiger partial charge in [-0.3, -0.25) is 0 Å². The van der Waals surface area contributed by atoms with Crippen molar-refractivity contribution in [3.8, 4) is 0 Å². The second-order valence-corrected chi connectivity index (χ2v) is 7.80. The number of rotatable bonds is 2. The fourth-order valence-corrected chi connectivity index (χ4v) is 5.19. The summed E-state index contributed by atoms with van der Waals surface area (Å²) < 4.78 is 26.8. The number of fused-ring (bicyclic) bond motifs is 1. The third kappa shape index (κ3) is 2.24. The molecule has 2 N–H and O–H groups in total. The van der Waals surface area contributed by atoms with Crippen molar-refractivity contribution < 1.29 is 8.42 Å². The Labute approximate surface area is 118 Å². The maximum atomic E-state index is 12.6. The highest BCUT2D eigenvalue weighted by Crippen LogP contribution is 2.40. The fourth-order valence-electron chi connectivity index (χ4n) is 3.26. The van der Waals surface area contributed by atoms with E-state index in [1.165, 1.54) is 12.5 Å². The molecule has 2 fully saturated rings. The molecule has 6 heteroatoms. The summed E-state index contributed by atoms with van der Waals surface area (Å²) in [7, 11) is -3.51. The lowest BCUT2D eigenvalue weighted by atomic mass is 10.0. The number of anilines is 1. The Hall–Kier alpha value is -0.780. The molecule has 1 aromatic carbocycles. The zero-order valence-electron chi connectivity index (χ0n) is 10.5. The second-order valence-electron chi connectivity index (χ2n) is 5.46. The van der Waals surface area contributed by atoms with E-state index in [2.05, 4.69) is 0 Å². The molecule has 0 aromatic heterocycles. The van der Waals surface area contributed by atoms with Crippen LogP contribution in [0.1, 0.15) is 19.3 Å². The van der Waals surface area contributed by atoms with Crippen LogP contribution in [0.25, 0.3) is 0 Å². The van der Waals surface area contributed by atoms with Crippen LogP contribution in [0.2, 0.25) is 5.02 Å². The Kier molecular flexibility index (Phi) is 3.23. The molecular formula is C13H17ClN2O2S. The van der Waals surface area contributed by atoms with Crippen LogP contribution in [0.15, 0.2) is 23.1 Å². The van der Waals surface area contributed by atoms with Crippen molar-refractivity contribution in [3.63, 3.8) is 0 Å². The zero-order valence-corrected chi connectivity index (χ0v) is 12.1. The molecule has 0 amide bonds. The van der Waals surface area contributed by atoms with E-state index in [4.69, 9.17) is 17.3 Å². The third-order valence-electron chi connectivity index (χ3n) is 4.29. The van der Waals surface area contributed by atoms with Crippen molar-refractivity contribution in [2.24, 2.45) is 11.8 Å². The molecule has 0 spiro atoms. The predicted octanol–water partition coefficient (Wildman–Crippen LogP) is 2.34. The number of hydrogen-bond acceptors (Lipinski definition) is 3. The maximum Gasteiger partial charge on any atom is 0.245 e. The highest BCUT2D eigenvalue weighted by Gasteiger charge is 2.41. The van der Waals surface area contributed by atoms with Gasteiger partial charge in [0, 0.05) is 18.1 Å². The first-order chi connectivity index (χ1) is 8.98. The summed E-state index contributed by atoms with van der Waals surface area (Å²) in [5, 5.41) is 0.396. The van der Waals surface area contributed by atoms with Gasteiger partial charge in [0.1, 0.15) is 4.90 Å². The SMILES string of the molecule is Nc1ccc(Cl)cc1S(=O)(=O)N1CC2CCCC2C1. The molecule has 1 aromatic rings. The number of nitrogens with two attached hydrogens (primary N) is 1. The Morgan fingerprint density at radius 1 is 1.21 bits per heavy atom. The molecular weight excluding hydrogens is 284 g/mol. The highest BCUT2D eigenvalue weighted by atomic mass is 35.5. The molecule has 2 atom stereocenters. The molecule has 1 aliphatic heterocycles. The number of nitrogens with zero attached hydrogens (tertiary/aromatic N) is 1. The molecule has 1 aliphatic carbocycles. The van der Waals surface area contributed by atoms with Gasteiger partial charge in [-0.15, -0.1) is 0 Å². The maximum absolute atomic E-state index is 12.6. The van der Waals surface area contributed by atoms with Gasteiger partial charge in [-0.1, -0.05) is 18.0 Å². The smallest absolute Gasteiger partial charge is 0.245 e. The van der Waals surface area contributed by atoms with Gasteiger partial charge >= 0.3 is 0 Å². The topological polar surface area (TPSA) is 63.4 Å². The molecule has 1 heterocycles. The Bertz CT molecular complexity index is 591. The first kappa shape index (κ1) is 13.2. The standard InChI is InChI=1S/C13H17ClN2O2S/c14-11-4-5-12(15)13(6-11)19(17,18)16-7-9-2-1-3-10(9)8-16/h4-6,9-10H,1-3,7-8,15H2. The van der Waals surface area contributed by atoms with Crippen molar-refractivity contribution in [2.75, 3.05) is 18.8 Å². The number of halogens is 1. The number of sulfonamides is 1. The summed E-state index contributed by atoms with van der Waals surface area (Å²) in [5.74, 6) is 1.05. The van der Waals surface area contributed by atoms with Crippen LogP contribution >= 0.6 is 11.6 Å². The van der Waals surface area contributed by atoms with Gasteiger partial charge in [0.15, 0.2) is 0 Å². The summed E-state index contributed by atoms with van der Waals surface area (Å²) in [6.45, 7) is 1.25. The first-order valence-electron chi connectivity index (χ1n) is 6.53. The molecule has 2 unspecified atom stereocenters. The van der Waals surface area contributed by atoms with E-state index in [1.54, 1.807) is 16.4 Å². The lowest BCUT2D eigenvalue weighted by Crippen LogP contribution is -2.30. The van der Waals surface area contributed by atoms with Gasteiger partial charge in [0.25, 0.3) is 0 Å². The average molecular weight is 301 g/mol. The fraction of sp³-hybridized carbons (Fsp3) is 0.538. The summed E-state index contributed by atoms with van der Waals surface area (Å²) in [6, 6.07) is 4.60. The summed E-state index contributed by atoms with van der Waals surface area (Å²) in [4.78, 5) is 0.139. The van der Waals surface area contributed by atoms with Crippen LogP contribution in [0.4, 0.5) is 5.69 Å². The van der Waals surface area contributed by atoms with Gasteiger partial charge in [-0.2, -0.15) is 4.31 Å². The summed E-state index contributed by atoms with van der Waals surface area (Å²) >= 11 is 5.89. The van der Waals surface area contributed by atoms with E-state index in [0.717, 1.165) is 12.8 Å². The minimum absolute atomic E-state index is 0.139. The lowest BCUT2D eigenvalue weighted by molar-refractivity contribution is 0.446. The first-order valence-corrected chi connectivity index (χ1v) is 8.35. The van der Waals surface area contributed by atoms with Crippen LogP contribution in [0.3, 0.4) is 0 Å². The molecule has 0 radical (unpaired) electrons. The minimum Gasteiger partial charge on any atom is -0.398 e. The van der Waals surface area contributed by atoms with Gasteiger partial charge in [-0.25, -0.2) is 8.42 Å². The van der Waals surface area contributed by atoms with Crippen molar-refractivity contribution in [1.82, 2.24) is 4.31 Å². The average Bonchev–Trinajstić information content (AvgIpc) is 2.92. The van der Waals surface area contributed by atoms with Crippen LogP contribution in [0, 0.1) is 11.8 Å². The van der Waals surface area contributed by atoms with E-state index in [-0.39, 0.29) is 10.6 Å². The van der Waals surface area contributed by atoms with E-state index in [0.29, 0.717) is 29.9 Å². The number of nitrogen functional groups attached to an aromatic ring is 1. The lowest BCUT2D eigenvalue weighted by Gasteiger charge is -2.18. The largest absolute Gasteiger partial charge is 0.398 e. The Morgan fingerprint density at radius 2 is 1.84 bits per heavy atom. The third-order valence-corrected chi connectivity index (χ3v) is 6.41. The van der Waals surface area contributed by atoms with Crippen LogP contribution in [-0.2, 0) is 10.0 Å². The molecule has 1 saturated heterocycles. The zero-order chi connectivity index (χ0) is 13.6. The van der Waals surface area contributed by atoms with Crippen molar-refractivity contribution in [1.29, 1.82) is 0 Å². The Morgan fingerprint density at radius 3 is 2.47 bits per heavy atom. The highest BCUT2D eigenvalue weighted by molar-refractivity contribution is 7.89. The molecule has 1 saturated carbocycles. The van der Waals surface area contributed by atoms with Crippen molar-refractivity contribution in [2.45, 2.75) is 24.2 Å². The van der Waals surface area contributed by atoms with Gasteiger partial charge in [-0.05, 0) is 42.9 Å². The monoisotopic (exact) mass is 300 g/mol. The van der Waals surface area contributed by atoms with E-state index in [1.807, 2.05) is 0 Å². The molecule has 0 bridgehead atoms. The predicted molar refractivity (Wildman–Crippen MR) is 75.5 cm³/mol. The molecule has 4 nitrogen and oxygen atoms in total. The molecule has 2 aliphatic rings. The van der Waals surface area contributed by atoms with E-state index >= 15 is 0 Å². The van der Waals surface area contributed by atoms with E-state index in [9.17, 15) is 8.42 Å². The van der Waals surface area contributed by atoms with Crippen LogP contribution < -0.4 is 5.73 Å². The number of hydrogen-bond donors (Lipinski definition) is 1. The molecule has 3 rings (SSSR count). The normalized spacial score (nSPS) is 27.6. The summed E-state index contributed by atoms with van der Waals surface area (Å²) in [5.41, 5.74) is 6.06. The second kappa shape index (κ2) is 4.65. The van der Waals surface area contributed by atoms with Crippen molar-refractivity contribution >= 4 is 27.3 Å². The van der Waals surface area contributed by atoms with Crippen LogP contribution in [0.5, 0.6) is 0 Å². The van der Waals surface area contributed by atoms with Crippen LogP contribution in [-0.4, -0.2) is 25.8 Å². The molecule has 104 valence electrons.